The van der Waals surface area contributed by atoms with Crippen LogP contribution in [0.4, 0.5) is 33.1 Å². The maximum atomic E-state index is 13.6. The molecule has 4 unspecified atom stereocenters. The Balaban J connectivity index is 0.000000168. The molecule has 12 rings (SSSR count). The summed E-state index contributed by atoms with van der Waals surface area (Å²) >= 11 is 0. The third kappa shape index (κ3) is 15.6. The number of carboxylic acid groups (broad SMARTS) is 1. The van der Waals surface area contributed by atoms with Gasteiger partial charge in [-0.05, 0) is 123 Å². The van der Waals surface area contributed by atoms with Crippen LogP contribution < -0.4 is 16.0 Å². The Morgan fingerprint density at radius 1 is 0.571 bits per heavy atom. The summed E-state index contributed by atoms with van der Waals surface area (Å²) in [7, 11) is 6.99. The Kier molecular flexibility index (Phi) is 20.0. The molecule has 6 fully saturated rings. The van der Waals surface area contributed by atoms with Crippen LogP contribution in [-0.4, -0.2) is 221 Å². The van der Waals surface area contributed by atoms with E-state index in [2.05, 4.69) is 45.4 Å². The Hall–Kier alpha value is -8.56. The number of nitrogens with one attached hydrogen (secondary N) is 3. The molecule has 6 aromatic heterocycles. The molecule has 2 saturated carbocycles. The van der Waals surface area contributed by atoms with Crippen LogP contribution >= 0.6 is 0 Å². The number of ether oxygens (including phenoxy) is 4. The summed E-state index contributed by atoms with van der Waals surface area (Å²) in [5, 5.41) is 20.1. The van der Waals surface area contributed by atoms with E-state index in [1.54, 1.807) is 78.4 Å². The van der Waals surface area contributed by atoms with Gasteiger partial charge in [-0.3, -0.25) is 24.2 Å². The Morgan fingerprint density at radius 3 is 1.47 bits per heavy atom. The van der Waals surface area contributed by atoms with E-state index in [0.29, 0.717) is 97.7 Å². The fraction of sp³-hybridized carbons (Fsp3) is 0.562. The summed E-state index contributed by atoms with van der Waals surface area (Å²) in [6.45, 7) is 15.8. The first-order valence-corrected chi connectivity index (χ1v) is 31.5. The van der Waals surface area contributed by atoms with Crippen LogP contribution in [0.5, 0.6) is 0 Å². The Labute approximate surface area is 529 Å². The van der Waals surface area contributed by atoms with Crippen LogP contribution in [0.3, 0.4) is 0 Å². The predicted molar refractivity (Wildman–Crippen MR) is 339 cm³/mol. The Morgan fingerprint density at radius 2 is 1.02 bits per heavy atom. The molecule has 0 radical (unpaired) electrons. The van der Waals surface area contributed by atoms with Crippen molar-refractivity contribution >= 4 is 81.5 Å². The summed E-state index contributed by atoms with van der Waals surface area (Å²) < 4.78 is 26.6. The van der Waals surface area contributed by atoms with Gasteiger partial charge in [0, 0.05) is 95.5 Å². The zero-order chi connectivity index (χ0) is 64.9. The molecule has 6 aliphatic rings. The minimum absolute atomic E-state index is 0.0599. The molecule has 488 valence electrons. The highest BCUT2D eigenvalue weighted by Gasteiger charge is 2.42. The first kappa shape index (κ1) is 65.4. The smallest absolute Gasteiger partial charge is 0.411 e. The fourth-order valence-electron chi connectivity index (χ4n) is 12.5. The van der Waals surface area contributed by atoms with Crippen LogP contribution in [-0.2, 0) is 18.9 Å². The monoisotopic (exact) mass is 1250 g/mol. The third-order valence-corrected chi connectivity index (χ3v) is 16.8. The van der Waals surface area contributed by atoms with Gasteiger partial charge < -0.3 is 63.8 Å². The highest BCUT2D eigenvalue weighted by Crippen LogP contribution is 2.37. The van der Waals surface area contributed by atoms with Crippen LogP contribution in [0.15, 0.2) is 61.2 Å². The largest absolute Gasteiger partial charge is 0.478 e. The number of carbonyl (C=O) groups excluding carboxylic acids is 5. The number of carbonyl (C=O) groups is 6. The summed E-state index contributed by atoms with van der Waals surface area (Å²) in [4.78, 5) is 111. The lowest BCUT2D eigenvalue weighted by Gasteiger charge is -2.40. The van der Waals surface area contributed by atoms with Gasteiger partial charge in [-0.25, -0.2) is 34.3 Å². The van der Waals surface area contributed by atoms with E-state index in [1.165, 1.54) is 18.5 Å². The summed E-state index contributed by atoms with van der Waals surface area (Å²) in [6.07, 6.45) is 15.7. The number of fused-ring (bicyclic) bond motifs is 6. The van der Waals surface area contributed by atoms with Crippen molar-refractivity contribution in [2.24, 2.45) is 0 Å². The van der Waals surface area contributed by atoms with Gasteiger partial charge in [-0.1, -0.05) is 25.7 Å². The zero-order valence-electron chi connectivity index (χ0n) is 53.8. The molecule has 91 heavy (non-hydrogen) atoms. The number of carboxylic acids is 1. The highest BCUT2D eigenvalue weighted by molar-refractivity contribution is 5.99. The first-order valence-electron chi connectivity index (χ1n) is 31.5. The molecule has 4 N–H and O–H groups in total. The maximum absolute atomic E-state index is 13.6. The van der Waals surface area contributed by atoms with Crippen LogP contribution in [0.2, 0.25) is 0 Å². The van der Waals surface area contributed by atoms with Crippen molar-refractivity contribution in [1.29, 1.82) is 0 Å². The molecule has 27 heteroatoms. The number of nitrogens with zero attached hydrogens (tertiary/aromatic N) is 13. The normalized spacial score (nSPS) is 20.3. The van der Waals surface area contributed by atoms with Gasteiger partial charge in [0.05, 0.1) is 61.7 Å². The van der Waals surface area contributed by atoms with E-state index >= 15 is 0 Å². The minimum Gasteiger partial charge on any atom is -0.478 e. The van der Waals surface area contributed by atoms with Crippen LogP contribution in [0.1, 0.15) is 160 Å². The lowest BCUT2D eigenvalue weighted by atomic mass is 10.1. The van der Waals surface area contributed by atoms with E-state index in [4.69, 9.17) is 29.0 Å². The molecule has 0 aromatic carbocycles. The topological polar surface area (TPSA) is 299 Å². The lowest BCUT2D eigenvalue weighted by molar-refractivity contribution is -0.0573. The van der Waals surface area contributed by atoms with Gasteiger partial charge in [-0.15, -0.1) is 0 Å². The predicted octanol–water partition coefficient (Wildman–Crippen LogP) is 8.31. The second-order valence-electron chi connectivity index (χ2n) is 26.4. The van der Waals surface area contributed by atoms with E-state index in [1.807, 2.05) is 63.1 Å². The number of rotatable bonds is 10. The molecule has 5 amide bonds. The van der Waals surface area contributed by atoms with Crippen molar-refractivity contribution < 1.29 is 52.8 Å². The van der Waals surface area contributed by atoms with Gasteiger partial charge in [0.1, 0.15) is 45.5 Å². The molecule has 4 aliphatic heterocycles. The second kappa shape index (κ2) is 27.9. The SMILES string of the molecule is CC(C)(C)OC(=O)N1C2CCNCC1COC2.CN(C)C(=O)c1cc2cnc(Nc3ccc(C(=O)N4CCC5COCC(C4)N5C(=O)OC(C)(C)C)cn3)nc2n1C1CCCC1.CN(C)C(=O)c1cc2cnc(Nc3ccc(C(=O)O)cn3)nc2n1C1CCCC1. The van der Waals surface area contributed by atoms with Gasteiger partial charge in [-0.2, -0.15) is 9.97 Å². The number of pyridine rings is 2. The van der Waals surface area contributed by atoms with Gasteiger partial charge in [0.25, 0.3) is 17.7 Å². The zero-order valence-corrected chi connectivity index (χ0v) is 53.8. The van der Waals surface area contributed by atoms with E-state index in [0.717, 1.165) is 81.6 Å². The number of hydrogen-bond acceptors (Lipinski definition) is 19. The number of aromatic nitrogens is 8. The van der Waals surface area contributed by atoms with Crippen molar-refractivity contribution in [2.75, 3.05) is 91.4 Å². The average Bonchev–Trinajstić information content (AvgIpc) is 1.64. The molecular weight excluding hydrogens is 1170 g/mol. The number of morpholine rings is 2. The number of anilines is 4. The van der Waals surface area contributed by atoms with E-state index < -0.39 is 17.2 Å². The second-order valence-corrected chi connectivity index (χ2v) is 26.4. The Bertz CT molecular complexity index is 3570. The number of aromatic carboxylic acids is 1. The third-order valence-electron chi connectivity index (χ3n) is 16.8. The average molecular weight is 1260 g/mol. The quantitative estimate of drug-likeness (QED) is 0.100. The maximum Gasteiger partial charge on any atom is 0.411 e. The molecule has 4 saturated heterocycles. The fourth-order valence-corrected chi connectivity index (χ4v) is 12.5. The van der Waals surface area contributed by atoms with Gasteiger partial charge in [0.2, 0.25) is 11.9 Å². The van der Waals surface area contributed by atoms with Crippen LogP contribution in [0.25, 0.3) is 22.1 Å². The van der Waals surface area contributed by atoms with Gasteiger partial charge >= 0.3 is 18.2 Å². The van der Waals surface area contributed by atoms with Crippen molar-refractivity contribution in [3.8, 4) is 0 Å². The molecule has 27 nitrogen and oxygen atoms in total. The van der Waals surface area contributed by atoms with Gasteiger partial charge in [0.15, 0.2) is 0 Å². The molecule has 0 spiro atoms. The molecule has 10 heterocycles. The van der Waals surface area contributed by atoms with E-state index in [9.17, 15) is 28.8 Å². The summed E-state index contributed by atoms with van der Waals surface area (Å²) in [5.41, 5.74) is 2.16. The highest BCUT2D eigenvalue weighted by atomic mass is 16.6. The lowest BCUT2D eigenvalue weighted by Crippen LogP contribution is -2.57. The number of amides is 5. The van der Waals surface area contributed by atoms with Crippen molar-refractivity contribution in [3.05, 3.63) is 83.7 Å². The molecule has 4 atom stereocenters. The molecule has 6 aromatic rings. The first-order chi connectivity index (χ1) is 43.4. The summed E-state index contributed by atoms with van der Waals surface area (Å²) in [5.74, 6) is 0.324. The summed E-state index contributed by atoms with van der Waals surface area (Å²) in [6, 6.07) is 10.5. The molecule has 2 aliphatic carbocycles. The van der Waals surface area contributed by atoms with E-state index in [-0.39, 0.29) is 71.7 Å². The van der Waals surface area contributed by atoms with Crippen molar-refractivity contribution in [3.63, 3.8) is 0 Å². The molecule has 4 bridgehead atoms. The van der Waals surface area contributed by atoms with Crippen LogP contribution in [0, 0.1) is 0 Å². The minimum atomic E-state index is -1.03. The van der Waals surface area contributed by atoms with Crippen molar-refractivity contribution in [2.45, 2.75) is 153 Å². The molecular formula is C64H86N16O11. The van der Waals surface area contributed by atoms with Crippen molar-refractivity contribution in [1.82, 2.24) is 68.9 Å². The standard InChI is InChI=1S/C32H42N8O5.C20H22N6O3.C12H22N2O3/c1-32(2,3)45-31(43)39-23-12-13-38(17-24(39)19-44-18-23)28(41)20-10-11-26(33-15-20)35-30-34-16-21-14-25(29(42)37(4)5)40(27(21)36-30)22-8-6-7-9-22;1-25(2)18(27)15-9-13-11-22-20(23-16-8-7-12(10-21-16)19(28)29)24-17(13)26(15)14-5-3-4-6-14;1-12(2,3)17-11(15)14-9-4-5-13-6-10(14)8-16-7-9/h10-11,14-16,22-24H,6-9,12-13,17-19H2,1-5H3,(H,33,34,35,36);7-11,14H,3-6H2,1-2H3,(H,28,29)(H,21,22,23,24);9-10,13H,4-8H2,1-3H3. The number of hydrogen-bond donors (Lipinski definition) is 4.